The summed E-state index contributed by atoms with van der Waals surface area (Å²) in [4.78, 5) is 18.1. The second-order valence-corrected chi connectivity index (χ2v) is 12.4. The summed E-state index contributed by atoms with van der Waals surface area (Å²) < 4.78 is 12.1. The van der Waals surface area contributed by atoms with E-state index in [4.69, 9.17) is 9.47 Å². The summed E-state index contributed by atoms with van der Waals surface area (Å²) >= 11 is 0. The van der Waals surface area contributed by atoms with E-state index in [9.17, 15) is 4.79 Å². The molecule has 5 heteroatoms. The lowest BCUT2D eigenvalue weighted by Gasteiger charge is -2.45. The van der Waals surface area contributed by atoms with Crippen LogP contribution >= 0.6 is 0 Å². The van der Waals surface area contributed by atoms with Gasteiger partial charge in [-0.3, -0.25) is 9.69 Å². The highest BCUT2D eigenvalue weighted by Crippen LogP contribution is 2.40. The molecule has 3 aliphatic rings. The molecule has 1 saturated carbocycles. The Morgan fingerprint density at radius 3 is 2.50 bits per heavy atom. The minimum atomic E-state index is 0.156. The van der Waals surface area contributed by atoms with E-state index >= 15 is 0 Å². The first-order valence-corrected chi connectivity index (χ1v) is 14.9. The molecule has 0 aromatic heterocycles. The van der Waals surface area contributed by atoms with Crippen molar-refractivity contribution in [3.63, 3.8) is 0 Å². The number of hydrogen-bond acceptors (Lipinski definition) is 4. The number of carbonyl (C=O) groups is 1. The van der Waals surface area contributed by atoms with Crippen LogP contribution < -0.4 is 9.47 Å². The summed E-state index contributed by atoms with van der Waals surface area (Å²) in [6.45, 7) is 10.7. The molecular formula is C33H46N2O3. The molecular weight excluding hydrogens is 472 g/mol. The van der Waals surface area contributed by atoms with Gasteiger partial charge in [0.15, 0.2) is 0 Å². The van der Waals surface area contributed by atoms with Crippen LogP contribution in [0, 0.1) is 17.3 Å². The zero-order valence-electron chi connectivity index (χ0n) is 23.5. The number of fused-ring (bicyclic) bond motifs is 1. The number of likely N-dealkylation sites (tertiary alicyclic amines) is 1. The maximum absolute atomic E-state index is 13.3. The zero-order chi connectivity index (χ0) is 26.4. The number of hydrogen-bond donors (Lipinski definition) is 0. The number of nitrogens with zero attached hydrogens (tertiary/aromatic N) is 2. The SMILES string of the molecule is CC(C)COc1ccc(C(=O)N2CCC3(CCCCc4ccccc4OCCN(CC4CC4)C3)CC2)cc1. The van der Waals surface area contributed by atoms with Crippen LogP contribution in [0.5, 0.6) is 11.5 Å². The normalized spacial score (nSPS) is 20.8. The maximum atomic E-state index is 13.3. The first-order chi connectivity index (χ1) is 18.5. The van der Waals surface area contributed by atoms with E-state index in [0.717, 1.165) is 75.0 Å². The standard InChI is InChI=1S/C33H46N2O3/c1-26(2)24-38-30-14-12-29(13-15-30)32(36)35-19-17-33(18-20-35)16-6-5-8-28-7-3-4-9-31(28)37-22-21-34(25-33)23-27-10-11-27/h3-4,7,9,12-15,26-27H,5-6,8,10-11,16-25H2,1-2H3. The third-order valence-corrected chi connectivity index (χ3v) is 8.61. The van der Waals surface area contributed by atoms with Crippen LogP contribution in [0.4, 0.5) is 0 Å². The quantitative estimate of drug-likeness (QED) is 0.440. The van der Waals surface area contributed by atoms with Crippen LogP contribution in [0.1, 0.15) is 74.7 Å². The van der Waals surface area contributed by atoms with Gasteiger partial charge < -0.3 is 14.4 Å². The van der Waals surface area contributed by atoms with Crippen molar-refractivity contribution in [1.82, 2.24) is 9.80 Å². The predicted molar refractivity (Wildman–Crippen MR) is 153 cm³/mol. The monoisotopic (exact) mass is 518 g/mol. The number of para-hydroxylation sites is 1. The molecule has 2 fully saturated rings. The third kappa shape index (κ3) is 7.31. The fourth-order valence-corrected chi connectivity index (χ4v) is 6.14. The van der Waals surface area contributed by atoms with Gasteiger partial charge in [-0.1, -0.05) is 38.5 Å². The van der Waals surface area contributed by atoms with Gasteiger partial charge in [-0.2, -0.15) is 0 Å². The topological polar surface area (TPSA) is 42.0 Å². The lowest BCUT2D eigenvalue weighted by Crippen LogP contribution is -2.49. The minimum Gasteiger partial charge on any atom is -0.493 e. The van der Waals surface area contributed by atoms with E-state index < -0.39 is 0 Å². The van der Waals surface area contributed by atoms with Crippen molar-refractivity contribution in [2.75, 3.05) is 45.9 Å². The van der Waals surface area contributed by atoms with E-state index in [0.29, 0.717) is 17.9 Å². The smallest absolute Gasteiger partial charge is 0.253 e. The van der Waals surface area contributed by atoms with Gasteiger partial charge in [0.05, 0.1) is 6.61 Å². The highest BCUT2D eigenvalue weighted by Gasteiger charge is 2.38. The largest absolute Gasteiger partial charge is 0.493 e. The number of carbonyl (C=O) groups excluding carboxylic acids is 1. The van der Waals surface area contributed by atoms with E-state index in [2.05, 4.69) is 47.9 Å². The summed E-state index contributed by atoms with van der Waals surface area (Å²) in [5.41, 5.74) is 2.40. The molecule has 0 unspecified atom stereocenters. The fourth-order valence-electron chi connectivity index (χ4n) is 6.14. The van der Waals surface area contributed by atoms with E-state index in [1.54, 1.807) is 0 Å². The van der Waals surface area contributed by atoms with Gasteiger partial charge >= 0.3 is 0 Å². The molecule has 2 aliphatic heterocycles. The van der Waals surface area contributed by atoms with Crippen LogP contribution in [0.25, 0.3) is 0 Å². The average Bonchev–Trinajstić information content (AvgIpc) is 3.74. The third-order valence-electron chi connectivity index (χ3n) is 8.61. The summed E-state index contributed by atoms with van der Waals surface area (Å²) in [6.07, 6.45) is 9.68. The Morgan fingerprint density at radius 1 is 1.00 bits per heavy atom. The molecule has 0 bridgehead atoms. The number of benzene rings is 2. The highest BCUT2D eigenvalue weighted by atomic mass is 16.5. The lowest BCUT2D eigenvalue weighted by atomic mass is 9.73. The maximum Gasteiger partial charge on any atom is 0.253 e. The van der Waals surface area contributed by atoms with Crippen molar-refractivity contribution < 1.29 is 14.3 Å². The van der Waals surface area contributed by atoms with Crippen molar-refractivity contribution >= 4 is 5.91 Å². The Kier molecular flexibility index (Phi) is 8.93. The molecule has 0 radical (unpaired) electrons. The van der Waals surface area contributed by atoms with Crippen LogP contribution in [0.15, 0.2) is 48.5 Å². The van der Waals surface area contributed by atoms with Crippen LogP contribution in [0.3, 0.4) is 0 Å². The molecule has 1 spiro atoms. The first kappa shape index (κ1) is 27.1. The first-order valence-electron chi connectivity index (χ1n) is 14.9. The molecule has 1 aliphatic carbocycles. The second-order valence-electron chi connectivity index (χ2n) is 12.4. The highest BCUT2D eigenvalue weighted by molar-refractivity contribution is 5.94. The van der Waals surface area contributed by atoms with Gasteiger partial charge in [0.25, 0.3) is 5.91 Å². The number of amides is 1. The van der Waals surface area contributed by atoms with Gasteiger partial charge in [0.2, 0.25) is 0 Å². The molecule has 0 atom stereocenters. The lowest BCUT2D eigenvalue weighted by molar-refractivity contribution is 0.0368. The average molecular weight is 519 g/mol. The predicted octanol–water partition coefficient (Wildman–Crippen LogP) is 6.46. The zero-order valence-corrected chi connectivity index (χ0v) is 23.5. The van der Waals surface area contributed by atoms with Crippen molar-refractivity contribution in [3.05, 3.63) is 59.7 Å². The van der Waals surface area contributed by atoms with Gasteiger partial charge in [-0.15, -0.1) is 0 Å². The van der Waals surface area contributed by atoms with Crippen LogP contribution in [-0.2, 0) is 6.42 Å². The molecule has 1 saturated heterocycles. The molecule has 0 N–H and O–H groups in total. The van der Waals surface area contributed by atoms with Crippen molar-refractivity contribution in [3.8, 4) is 11.5 Å². The summed E-state index contributed by atoms with van der Waals surface area (Å²) in [5, 5.41) is 0. The summed E-state index contributed by atoms with van der Waals surface area (Å²) in [6, 6.07) is 16.3. The Balaban J connectivity index is 1.22. The molecule has 38 heavy (non-hydrogen) atoms. The molecule has 2 aromatic rings. The van der Waals surface area contributed by atoms with Gasteiger partial charge in [0, 0.05) is 38.3 Å². The van der Waals surface area contributed by atoms with Gasteiger partial charge in [0.1, 0.15) is 18.1 Å². The van der Waals surface area contributed by atoms with Crippen molar-refractivity contribution in [1.29, 1.82) is 0 Å². The van der Waals surface area contributed by atoms with Crippen molar-refractivity contribution in [2.24, 2.45) is 17.3 Å². The minimum absolute atomic E-state index is 0.156. The molecule has 5 rings (SSSR count). The Hall–Kier alpha value is -2.53. The fraction of sp³-hybridized carbons (Fsp3) is 0.606. The number of rotatable bonds is 6. The number of piperidine rings is 1. The van der Waals surface area contributed by atoms with E-state index in [1.807, 2.05) is 24.3 Å². The molecule has 1 amide bonds. The number of aryl methyl sites for hydroxylation is 1. The Bertz CT molecular complexity index is 1040. The van der Waals surface area contributed by atoms with Gasteiger partial charge in [-0.25, -0.2) is 0 Å². The van der Waals surface area contributed by atoms with Crippen molar-refractivity contribution in [2.45, 2.75) is 65.2 Å². The molecule has 2 aromatic carbocycles. The van der Waals surface area contributed by atoms with Crippen LogP contribution in [0.2, 0.25) is 0 Å². The Morgan fingerprint density at radius 2 is 1.76 bits per heavy atom. The summed E-state index contributed by atoms with van der Waals surface area (Å²) in [7, 11) is 0. The number of ether oxygens (including phenoxy) is 2. The second kappa shape index (κ2) is 12.5. The molecule has 206 valence electrons. The Labute approximate surface area is 229 Å². The summed E-state index contributed by atoms with van der Waals surface area (Å²) in [5.74, 6) is 3.41. The van der Waals surface area contributed by atoms with Crippen LogP contribution in [-0.4, -0.2) is 61.6 Å². The van der Waals surface area contributed by atoms with E-state index in [-0.39, 0.29) is 5.91 Å². The molecule has 2 heterocycles. The van der Waals surface area contributed by atoms with Gasteiger partial charge in [-0.05, 0) is 98.1 Å². The van der Waals surface area contributed by atoms with E-state index in [1.165, 1.54) is 44.2 Å². The molecule has 5 nitrogen and oxygen atoms in total.